The number of rotatable bonds is 8. The van der Waals surface area contributed by atoms with Gasteiger partial charge in [-0.1, -0.05) is 18.2 Å². The van der Waals surface area contributed by atoms with E-state index in [2.05, 4.69) is 27.2 Å². The van der Waals surface area contributed by atoms with E-state index in [9.17, 15) is 18.4 Å². The van der Waals surface area contributed by atoms with Gasteiger partial charge in [-0.15, -0.1) is 0 Å². The number of hydrogen-bond acceptors (Lipinski definition) is 4. The van der Waals surface area contributed by atoms with E-state index in [1.165, 1.54) is 36.7 Å². The lowest BCUT2D eigenvalue weighted by Gasteiger charge is -2.12. The van der Waals surface area contributed by atoms with E-state index in [-0.39, 0.29) is 22.7 Å². The minimum Gasteiger partial charge on any atom is -0.478 e. The average Bonchev–Trinajstić information content (AvgIpc) is 3.31. The molecule has 0 aliphatic carbocycles. The predicted molar refractivity (Wildman–Crippen MR) is 127 cm³/mol. The number of aromatic amines is 1. The molecule has 180 valence electrons. The fraction of sp³-hybridized carbons (Fsp3) is 0.0800. The third-order valence-electron chi connectivity index (χ3n) is 4.73. The Hall–Kier alpha value is -4.73. The molecule has 2 heterocycles. The number of ether oxygens (including phenoxy) is 1. The summed E-state index contributed by atoms with van der Waals surface area (Å²) in [6, 6.07) is 7.48. The summed E-state index contributed by atoms with van der Waals surface area (Å²) in [5.41, 5.74) is 1.38. The second kappa shape index (κ2) is 10.9. The lowest BCUT2D eigenvalue weighted by Crippen LogP contribution is -2.28. The molecule has 35 heavy (non-hydrogen) atoms. The molecule has 3 aromatic rings. The smallest absolute Gasteiger partial charge is 0.337 e. The van der Waals surface area contributed by atoms with Gasteiger partial charge in [-0.25, -0.2) is 18.4 Å². The maximum Gasteiger partial charge on any atom is 0.337 e. The number of halogens is 2. The van der Waals surface area contributed by atoms with Crippen molar-refractivity contribution < 1.29 is 28.2 Å². The van der Waals surface area contributed by atoms with Crippen molar-refractivity contribution in [3.05, 3.63) is 96.0 Å². The Balaban J connectivity index is 1.70. The zero-order valence-corrected chi connectivity index (χ0v) is 18.9. The summed E-state index contributed by atoms with van der Waals surface area (Å²) in [6.45, 7) is 6.65. The number of carbonyl (C=O) groups is 2. The summed E-state index contributed by atoms with van der Waals surface area (Å²) in [4.78, 5) is 30.3. The van der Waals surface area contributed by atoms with Gasteiger partial charge in [-0.05, 0) is 44.2 Å². The Bertz CT molecular complexity index is 1340. The van der Waals surface area contributed by atoms with Gasteiger partial charge in [0.15, 0.2) is 0 Å². The second-order valence-electron chi connectivity index (χ2n) is 7.30. The van der Waals surface area contributed by atoms with Crippen LogP contribution in [0.2, 0.25) is 0 Å². The quantitative estimate of drug-likeness (QED) is 0.288. The molecule has 0 fully saturated rings. The van der Waals surface area contributed by atoms with Crippen LogP contribution in [0.25, 0.3) is 11.4 Å². The number of carbonyl (C=O) groups excluding carboxylic acids is 1. The molecule has 0 aliphatic heterocycles. The van der Waals surface area contributed by atoms with Crippen LogP contribution in [0.4, 0.5) is 19.3 Å². The highest BCUT2D eigenvalue weighted by molar-refractivity contribution is 5.91. The highest BCUT2D eigenvalue weighted by Crippen LogP contribution is 2.28. The molecule has 2 amide bonds. The number of carboxylic acid groups (broad SMARTS) is 1. The van der Waals surface area contributed by atoms with E-state index in [1.807, 2.05) is 0 Å². The molecule has 0 aliphatic rings. The van der Waals surface area contributed by atoms with Gasteiger partial charge in [0.05, 0.1) is 28.3 Å². The van der Waals surface area contributed by atoms with Crippen molar-refractivity contribution in [2.75, 3.05) is 5.32 Å². The number of amides is 2. The summed E-state index contributed by atoms with van der Waals surface area (Å²) in [5, 5.41) is 13.7. The largest absolute Gasteiger partial charge is 0.478 e. The number of urea groups is 1. The number of nitrogens with zero attached hydrogens (tertiary/aromatic N) is 1. The van der Waals surface area contributed by atoms with Gasteiger partial charge in [0.1, 0.15) is 23.1 Å². The molecule has 0 spiro atoms. The topological polar surface area (TPSA) is 116 Å². The Labute approximate surface area is 199 Å². The van der Waals surface area contributed by atoms with E-state index >= 15 is 0 Å². The lowest BCUT2D eigenvalue weighted by atomic mass is 10.2. The monoisotopic (exact) mass is 480 g/mol. The predicted octanol–water partition coefficient (Wildman–Crippen LogP) is 6.16. The molecule has 0 bridgehead atoms. The Morgan fingerprint density at radius 2 is 1.94 bits per heavy atom. The number of pyridine rings is 1. The van der Waals surface area contributed by atoms with Gasteiger partial charge < -0.3 is 25.5 Å². The molecule has 2 aromatic heterocycles. The molecule has 0 saturated heterocycles. The van der Waals surface area contributed by atoms with Gasteiger partial charge in [0, 0.05) is 24.5 Å². The first-order valence-corrected chi connectivity index (χ1v) is 10.3. The molecule has 1 aromatic carbocycles. The molecule has 0 radical (unpaired) electrons. The minimum absolute atomic E-state index is 0.0812. The third kappa shape index (κ3) is 6.64. The van der Waals surface area contributed by atoms with Crippen LogP contribution >= 0.6 is 0 Å². The van der Waals surface area contributed by atoms with Crippen LogP contribution in [-0.4, -0.2) is 27.1 Å². The van der Waals surface area contributed by atoms with Gasteiger partial charge in [-0.2, -0.15) is 0 Å². The number of nitrogens with one attached hydrogen (secondary N) is 3. The Kier molecular flexibility index (Phi) is 7.77. The Morgan fingerprint density at radius 1 is 1.20 bits per heavy atom. The van der Waals surface area contributed by atoms with Gasteiger partial charge >= 0.3 is 12.0 Å². The number of allylic oxidation sites excluding steroid dienone is 4. The molecule has 0 atom stereocenters. The van der Waals surface area contributed by atoms with Crippen molar-refractivity contribution in [3.8, 4) is 22.9 Å². The first kappa shape index (κ1) is 24.9. The van der Waals surface area contributed by atoms with Crippen LogP contribution in [0.15, 0.2) is 84.6 Å². The maximum absolute atomic E-state index is 14.6. The number of aromatic carboxylic acids is 1. The fourth-order valence-corrected chi connectivity index (χ4v) is 2.85. The molecule has 8 nitrogen and oxygen atoms in total. The number of benzene rings is 1. The van der Waals surface area contributed by atoms with Crippen LogP contribution in [0.1, 0.15) is 24.2 Å². The van der Waals surface area contributed by atoms with E-state index in [0.29, 0.717) is 22.7 Å². The number of hydrogen-bond donors (Lipinski definition) is 4. The van der Waals surface area contributed by atoms with Crippen LogP contribution in [-0.2, 0) is 0 Å². The maximum atomic E-state index is 14.6. The fourth-order valence-electron chi connectivity index (χ4n) is 2.85. The van der Waals surface area contributed by atoms with Crippen molar-refractivity contribution in [2.45, 2.75) is 13.8 Å². The highest BCUT2D eigenvalue weighted by atomic mass is 19.1. The summed E-state index contributed by atoms with van der Waals surface area (Å²) in [6.07, 6.45) is 5.92. The summed E-state index contributed by atoms with van der Waals surface area (Å²) in [7, 11) is 0. The number of anilines is 1. The van der Waals surface area contributed by atoms with Crippen molar-refractivity contribution in [1.29, 1.82) is 0 Å². The number of carboxylic acids is 1. The van der Waals surface area contributed by atoms with Gasteiger partial charge in [-0.3, -0.25) is 4.98 Å². The second-order valence-corrected chi connectivity index (χ2v) is 7.30. The molecule has 10 heteroatoms. The van der Waals surface area contributed by atoms with Crippen LogP contribution < -0.4 is 15.4 Å². The van der Waals surface area contributed by atoms with E-state index in [0.717, 1.165) is 6.07 Å². The molecule has 0 unspecified atom stereocenters. The average molecular weight is 480 g/mol. The molecule has 3 rings (SSSR count). The summed E-state index contributed by atoms with van der Waals surface area (Å²) < 4.78 is 33.9. The molecular weight excluding hydrogens is 458 g/mol. The van der Waals surface area contributed by atoms with Crippen molar-refractivity contribution in [3.63, 3.8) is 0 Å². The van der Waals surface area contributed by atoms with Gasteiger partial charge in [0.2, 0.25) is 0 Å². The number of H-pyrrole nitrogens is 1. The zero-order valence-electron chi connectivity index (χ0n) is 18.9. The molecule has 0 saturated carbocycles. The van der Waals surface area contributed by atoms with Crippen molar-refractivity contribution in [1.82, 2.24) is 15.3 Å². The normalized spacial score (nSPS) is 11.7. The van der Waals surface area contributed by atoms with Crippen LogP contribution in [0.3, 0.4) is 0 Å². The van der Waals surface area contributed by atoms with E-state index < -0.39 is 23.6 Å². The molecule has 4 N–H and O–H groups in total. The summed E-state index contributed by atoms with van der Waals surface area (Å²) in [5.74, 6) is -2.23. The molecular formula is C25H22F2N4O4. The van der Waals surface area contributed by atoms with E-state index in [1.54, 1.807) is 32.1 Å². The Morgan fingerprint density at radius 3 is 2.57 bits per heavy atom. The van der Waals surface area contributed by atoms with Crippen LogP contribution in [0.5, 0.6) is 11.5 Å². The first-order valence-electron chi connectivity index (χ1n) is 10.3. The number of aromatic nitrogens is 2. The standard InChI is InChI=1S/C25H22F2N4O4/c1-4-14(2)9-21(15(3)26)31-25(34)30-20-6-5-17(11-19(20)27)35-18-7-8-28-23(12-18)22-10-16(13-29-22)24(32)33/h4-13,29H,3H2,1-2H3,(H,32,33)(H2,30,31,34)/b14-4-,21-9+. The summed E-state index contributed by atoms with van der Waals surface area (Å²) >= 11 is 0. The first-order chi connectivity index (χ1) is 16.7. The van der Waals surface area contributed by atoms with Crippen molar-refractivity contribution >= 4 is 17.7 Å². The van der Waals surface area contributed by atoms with E-state index in [4.69, 9.17) is 9.84 Å². The van der Waals surface area contributed by atoms with Gasteiger partial charge in [0.25, 0.3) is 0 Å². The zero-order chi connectivity index (χ0) is 25.5. The third-order valence-corrected chi connectivity index (χ3v) is 4.73. The highest BCUT2D eigenvalue weighted by Gasteiger charge is 2.13. The van der Waals surface area contributed by atoms with Crippen LogP contribution in [0, 0.1) is 5.82 Å². The minimum atomic E-state index is -1.08. The lowest BCUT2D eigenvalue weighted by molar-refractivity contribution is 0.0697. The SMILES string of the molecule is C=C(F)/C(=C\C(C)=C/C)NC(=O)Nc1ccc(Oc2ccnc(-c3cc(C(=O)O)c[nH]3)c2)cc1F. The van der Waals surface area contributed by atoms with Crippen molar-refractivity contribution in [2.24, 2.45) is 0 Å².